The van der Waals surface area contributed by atoms with Gasteiger partial charge in [0.25, 0.3) is 0 Å². The zero-order valence-electron chi connectivity index (χ0n) is 31.0. The highest BCUT2D eigenvalue weighted by atomic mass is 16.6. The van der Waals surface area contributed by atoms with Crippen LogP contribution in [0.3, 0.4) is 0 Å². The summed E-state index contributed by atoms with van der Waals surface area (Å²) in [5.41, 5.74) is -6.78. The number of aliphatic hydroxyl groups is 3. The monoisotopic (exact) mass is 743 g/mol. The molecule has 15 nitrogen and oxygen atoms in total. The standard InChI is InChI=1S/C38H49NO14/c1-8-39-15-35(16-46-3)23(41)13-24(48-5)37-21-14-36(45)31(52-34(44)20-11-18-9-10-19(47-4)12-22(18)51-33(20)43)25(21)38(53-17(2)40,30(42)32(36)50-7)26(29(37)39)27(49-6)28(35)37/h9-12,21,23-32,41-42,45H,8,13-16H2,1-7H3/t21?,23-,24+,25?,26?,27-,28?,29?,30+,31-,32+,35?,36-,37?,38-/m1/s1. The highest BCUT2D eigenvalue weighted by Crippen LogP contribution is 2.80. The fourth-order valence-electron chi connectivity index (χ4n) is 13.1. The van der Waals surface area contributed by atoms with Crippen LogP contribution in [0.1, 0.15) is 37.0 Å². The number of benzene rings is 1. The number of likely N-dealkylation sites (tertiary alicyclic amines) is 1. The normalized spacial score (nSPS) is 44.9. The van der Waals surface area contributed by atoms with Crippen molar-refractivity contribution in [2.24, 2.45) is 34.5 Å². The summed E-state index contributed by atoms with van der Waals surface area (Å²) in [6.45, 7) is 4.41. The van der Waals surface area contributed by atoms with E-state index in [9.17, 15) is 29.7 Å². The van der Waals surface area contributed by atoms with Gasteiger partial charge in [0.2, 0.25) is 0 Å². The topological polar surface area (TPSA) is 193 Å². The van der Waals surface area contributed by atoms with Gasteiger partial charge >= 0.3 is 17.6 Å². The molecule has 7 bridgehead atoms. The first-order valence-electron chi connectivity index (χ1n) is 18.2. The summed E-state index contributed by atoms with van der Waals surface area (Å²) in [7, 11) is 7.57. The third-order valence-corrected chi connectivity index (χ3v) is 14.3. The van der Waals surface area contributed by atoms with E-state index in [1.807, 2.05) is 6.92 Å². The molecule has 1 aromatic heterocycles. The number of carbonyl (C=O) groups is 2. The van der Waals surface area contributed by atoms with Crippen LogP contribution in [0.25, 0.3) is 11.0 Å². The number of carbonyl (C=O) groups excluding carboxylic acids is 2. The first-order valence-corrected chi connectivity index (χ1v) is 18.2. The molecule has 15 atom stereocenters. The quantitative estimate of drug-likeness (QED) is 0.228. The molecule has 6 aliphatic rings. The Morgan fingerprint density at radius 2 is 1.77 bits per heavy atom. The van der Waals surface area contributed by atoms with Gasteiger partial charge in [-0.25, -0.2) is 9.59 Å². The molecule has 5 aliphatic carbocycles. The van der Waals surface area contributed by atoms with Crippen LogP contribution in [-0.4, -0.2) is 141 Å². The predicted octanol–water partition coefficient (Wildman–Crippen LogP) is 0.763. The van der Waals surface area contributed by atoms with Crippen molar-refractivity contribution in [3.8, 4) is 5.75 Å². The van der Waals surface area contributed by atoms with Crippen molar-refractivity contribution in [3.63, 3.8) is 0 Å². The van der Waals surface area contributed by atoms with Gasteiger partial charge in [-0.3, -0.25) is 9.69 Å². The number of nitrogens with zero attached hydrogens (tertiary/aromatic N) is 1. The van der Waals surface area contributed by atoms with Gasteiger partial charge in [0, 0.05) is 94.4 Å². The molecular formula is C38H49NO14. The number of hydrogen-bond acceptors (Lipinski definition) is 15. The maximum Gasteiger partial charge on any atom is 0.351 e. The van der Waals surface area contributed by atoms with E-state index in [-0.39, 0.29) is 25.0 Å². The Kier molecular flexibility index (Phi) is 8.63. The number of esters is 2. The number of piperidine rings is 1. The molecule has 1 aliphatic heterocycles. The number of ether oxygens (including phenoxy) is 7. The minimum absolute atomic E-state index is 0.0486. The summed E-state index contributed by atoms with van der Waals surface area (Å²) in [4.78, 5) is 43.2. The van der Waals surface area contributed by atoms with E-state index < -0.39 is 111 Å². The zero-order chi connectivity index (χ0) is 38.0. The zero-order valence-corrected chi connectivity index (χ0v) is 31.0. The Morgan fingerprint density at radius 1 is 1.02 bits per heavy atom. The highest BCUT2D eigenvalue weighted by Gasteiger charge is 2.92. The first kappa shape index (κ1) is 36.8. The van der Waals surface area contributed by atoms with Gasteiger partial charge in [0.1, 0.15) is 40.8 Å². The second-order valence-corrected chi connectivity index (χ2v) is 15.9. The van der Waals surface area contributed by atoms with E-state index in [4.69, 9.17) is 37.6 Å². The molecule has 1 saturated heterocycles. The van der Waals surface area contributed by atoms with Crippen LogP contribution in [0.4, 0.5) is 0 Å². The van der Waals surface area contributed by atoms with Gasteiger partial charge in [-0.1, -0.05) is 6.92 Å². The van der Waals surface area contributed by atoms with Crippen LogP contribution < -0.4 is 10.4 Å². The average Bonchev–Trinajstić information content (AvgIpc) is 3.50. The SMILES string of the molecule is CCN1CC2(COC)C3[C@H](OC)C4C1C3(C1C[C@@]3(O)[C@H](OC(=O)c5cc6ccc(OC)cc6oc5=O)C1[C@]4(OC(C)=O)[C@@H](O)[C@@H]3OC)[C@@H](OC)C[C@H]2O. The number of fused-ring (bicyclic) bond motifs is 3. The average molecular weight is 744 g/mol. The Balaban J connectivity index is 1.36. The maximum atomic E-state index is 14.3. The maximum absolute atomic E-state index is 14.3. The molecular weight excluding hydrogens is 694 g/mol. The summed E-state index contributed by atoms with van der Waals surface area (Å²) in [5.74, 6) is -4.21. The summed E-state index contributed by atoms with van der Waals surface area (Å²) in [6, 6.07) is 5.75. The Hall–Kier alpha value is -3.15. The molecule has 1 aromatic carbocycles. The molecule has 53 heavy (non-hydrogen) atoms. The number of methoxy groups -OCH3 is 5. The molecule has 0 amide bonds. The van der Waals surface area contributed by atoms with Gasteiger partial charge in [-0.2, -0.15) is 0 Å². The van der Waals surface area contributed by atoms with Crippen LogP contribution in [0.5, 0.6) is 5.75 Å². The molecule has 0 radical (unpaired) electrons. The Labute approximate surface area is 306 Å². The molecule has 6 fully saturated rings. The van der Waals surface area contributed by atoms with Gasteiger partial charge in [0.15, 0.2) is 5.60 Å². The molecule has 2 heterocycles. The Morgan fingerprint density at radius 3 is 2.40 bits per heavy atom. The van der Waals surface area contributed by atoms with Crippen LogP contribution in [0, 0.1) is 34.5 Å². The fourth-order valence-corrected chi connectivity index (χ4v) is 13.1. The molecule has 5 saturated carbocycles. The van der Waals surface area contributed by atoms with Crippen molar-refractivity contribution in [3.05, 3.63) is 40.2 Å². The van der Waals surface area contributed by atoms with Crippen LogP contribution in [0.2, 0.25) is 0 Å². The minimum atomic E-state index is -2.02. The minimum Gasteiger partial charge on any atom is -0.497 e. The molecule has 1 spiro atoms. The third-order valence-electron chi connectivity index (χ3n) is 14.3. The van der Waals surface area contributed by atoms with E-state index in [0.29, 0.717) is 24.2 Å². The van der Waals surface area contributed by atoms with Crippen molar-refractivity contribution in [1.82, 2.24) is 4.90 Å². The summed E-state index contributed by atoms with van der Waals surface area (Å²) in [6.07, 6.45) is -6.42. The molecule has 3 N–H and O–H groups in total. The van der Waals surface area contributed by atoms with Crippen molar-refractivity contribution in [1.29, 1.82) is 0 Å². The lowest BCUT2D eigenvalue weighted by molar-refractivity contribution is -0.322. The van der Waals surface area contributed by atoms with E-state index in [1.165, 1.54) is 33.3 Å². The number of aliphatic hydroxyl groups excluding tert-OH is 2. The lowest BCUT2D eigenvalue weighted by Crippen LogP contribution is -2.81. The number of hydrogen-bond donors (Lipinski definition) is 3. The van der Waals surface area contributed by atoms with Crippen molar-refractivity contribution < 1.29 is 62.5 Å². The molecule has 290 valence electrons. The second kappa shape index (κ2) is 12.4. The summed E-state index contributed by atoms with van der Waals surface area (Å²) >= 11 is 0. The summed E-state index contributed by atoms with van der Waals surface area (Å²) in [5, 5.41) is 38.1. The van der Waals surface area contributed by atoms with E-state index in [0.717, 1.165) is 0 Å². The van der Waals surface area contributed by atoms with Crippen LogP contribution >= 0.6 is 0 Å². The molecule has 8 rings (SSSR count). The van der Waals surface area contributed by atoms with Crippen molar-refractivity contribution >= 4 is 22.9 Å². The number of rotatable bonds is 10. The smallest absolute Gasteiger partial charge is 0.351 e. The summed E-state index contributed by atoms with van der Waals surface area (Å²) < 4.78 is 48.2. The van der Waals surface area contributed by atoms with Gasteiger partial charge in [0.05, 0.1) is 32.0 Å². The molecule has 7 unspecified atom stereocenters. The van der Waals surface area contributed by atoms with Gasteiger partial charge in [-0.15, -0.1) is 0 Å². The van der Waals surface area contributed by atoms with E-state index >= 15 is 0 Å². The van der Waals surface area contributed by atoms with Crippen molar-refractivity contribution in [2.75, 3.05) is 55.2 Å². The second-order valence-electron chi connectivity index (χ2n) is 15.9. The van der Waals surface area contributed by atoms with Crippen LogP contribution in [0.15, 0.2) is 33.5 Å². The van der Waals surface area contributed by atoms with Crippen molar-refractivity contribution in [2.45, 2.75) is 80.6 Å². The lowest BCUT2D eigenvalue weighted by Gasteiger charge is -2.70. The Bertz CT molecular complexity index is 1870. The largest absolute Gasteiger partial charge is 0.497 e. The lowest BCUT2D eigenvalue weighted by atomic mass is 9.42. The highest BCUT2D eigenvalue weighted by molar-refractivity contribution is 5.93. The first-order chi connectivity index (χ1) is 25.3. The third kappa shape index (κ3) is 4.36. The van der Waals surface area contributed by atoms with E-state index in [1.54, 1.807) is 33.5 Å². The van der Waals surface area contributed by atoms with Crippen LogP contribution in [-0.2, 0) is 33.2 Å². The predicted molar refractivity (Wildman–Crippen MR) is 183 cm³/mol. The molecule has 2 aromatic rings. The molecule has 15 heteroatoms. The van der Waals surface area contributed by atoms with Gasteiger partial charge < -0.3 is 52.9 Å². The van der Waals surface area contributed by atoms with Gasteiger partial charge in [-0.05, 0) is 37.1 Å². The van der Waals surface area contributed by atoms with E-state index in [2.05, 4.69) is 4.90 Å². The fraction of sp³-hybridized carbons (Fsp3) is 0.711.